The predicted molar refractivity (Wildman–Crippen MR) is 46.1 cm³/mol. The standard InChI is InChI=1S/C8H19NO3/c1-8(2,3)4-5-11-12-7-6-10-9/h4-7,9H2,1-3H3. The molecule has 0 aromatic carbocycles. The molecule has 4 nitrogen and oxygen atoms in total. The largest absolute Gasteiger partial charge is 0.302 e. The zero-order valence-electron chi connectivity index (χ0n) is 8.13. The van der Waals surface area contributed by atoms with Crippen molar-refractivity contribution >= 4 is 0 Å². The van der Waals surface area contributed by atoms with Gasteiger partial charge in [-0.1, -0.05) is 20.8 Å². The molecule has 0 fully saturated rings. The van der Waals surface area contributed by atoms with E-state index in [4.69, 9.17) is 15.7 Å². The van der Waals surface area contributed by atoms with Crippen molar-refractivity contribution in [1.29, 1.82) is 0 Å². The van der Waals surface area contributed by atoms with Crippen molar-refractivity contribution in [3.63, 3.8) is 0 Å². The van der Waals surface area contributed by atoms with E-state index in [1.165, 1.54) is 0 Å². The van der Waals surface area contributed by atoms with Crippen molar-refractivity contribution in [1.82, 2.24) is 0 Å². The first-order chi connectivity index (χ1) is 5.56. The molecule has 0 heterocycles. The molecule has 0 rings (SSSR count). The second-order valence-electron chi connectivity index (χ2n) is 3.83. The monoisotopic (exact) mass is 177 g/mol. The topological polar surface area (TPSA) is 53.7 Å². The van der Waals surface area contributed by atoms with Gasteiger partial charge >= 0.3 is 0 Å². The Bertz CT molecular complexity index is 101. The highest BCUT2D eigenvalue weighted by Gasteiger charge is 2.09. The molecule has 0 aliphatic rings. The summed E-state index contributed by atoms with van der Waals surface area (Å²) in [6.07, 6.45) is 0.969. The van der Waals surface area contributed by atoms with Crippen molar-refractivity contribution in [2.75, 3.05) is 19.8 Å². The molecule has 0 saturated carbocycles. The Morgan fingerprint density at radius 2 is 1.58 bits per heavy atom. The maximum atomic E-state index is 4.88. The minimum atomic E-state index is 0.285. The molecular formula is C8H19NO3. The van der Waals surface area contributed by atoms with Gasteiger partial charge in [-0.3, -0.25) is 0 Å². The molecule has 0 amide bonds. The minimum absolute atomic E-state index is 0.285. The fourth-order valence-electron chi connectivity index (χ4n) is 0.548. The van der Waals surface area contributed by atoms with E-state index in [9.17, 15) is 0 Å². The first-order valence-electron chi connectivity index (χ1n) is 4.12. The number of nitrogens with two attached hydrogens (primary N) is 1. The molecule has 74 valence electrons. The Kier molecular flexibility index (Phi) is 6.28. The normalized spacial score (nSPS) is 12.0. The molecule has 0 bridgehead atoms. The van der Waals surface area contributed by atoms with Crippen molar-refractivity contribution in [3.05, 3.63) is 0 Å². The van der Waals surface area contributed by atoms with Gasteiger partial charge in [0.25, 0.3) is 0 Å². The molecule has 0 aromatic heterocycles. The van der Waals surface area contributed by atoms with Gasteiger partial charge in [-0.15, -0.1) is 0 Å². The lowest BCUT2D eigenvalue weighted by Gasteiger charge is -2.16. The smallest absolute Gasteiger partial charge is 0.108 e. The molecule has 0 aliphatic carbocycles. The van der Waals surface area contributed by atoms with Gasteiger partial charge in [0.1, 0.15) is 6.61 Å². The molecule has 0 aliphatic heterocycles. The van der Waals surface area contributed by atoms with Crippen LogP contribution in [0.5, 0.6) is 0 Å². The Morgan fingerprint density at radius 3 is 2.08 bits per heavy atom. The first-order valence-corrected chi connectivity index (χ1v) is 4.12. The maximum Gasteiger partial charge on any atom is 0.108 e. The van der Waals surface area contributed by atoms with Gasteiger partial charge in [-0.05, 0) is 11.8 Å². The van der Waals surface area contributed by atoms with E-state index >= 15 is 0 Å². The van der Waals surface area contributed by atoms with Crippen LogP contribution in [0.15, 0.2) is 0 Å². The van der Waals surface area contributed by atoms with E-state index in [1.807, 2.05) is 0 Å². The zero-order valence-corrected chi connectivity index (χ0v) is 8.13. The summed E-state index contributed by atoms with van der Waals surface area (Å²) in [7, 11) is 0. The summed E-state index contributed by atoms with van der Waals surface area (Å²) in [5.74, 6) is 4.78. The van der Waals surface area contributed by atoms with Crippen LogP contribution in [-0.2, 0) is 14.6 Å². The Morgan fingerprint density at radius 1 is 1.00 bits per heavy atom. The highest BCUT2D eigenvalue weighted by Crippen LogP contribution is 2.17. The molecule has 0 atom stereocenters. The van der Waals surface area contributed by atoms with Gasteiger partial charge < -0.3 is 4.84 Å². The van der Waals surface area contributed by atoms with Gasteiger partial charge in [0.15, 0.2) is 0 Å². The molecule has 0 radical (unpaired) electrons. The summed E-state index contributed by atoms with van der Waals surface area (Å²) < 4.78 is 0. The van der Waals surface area contributed by atoms with Gasteiger partial charge in [-0.25, -0.2) is 15.7 Å². The van der Waals surface area contributed by atoms with Gasteiger partial charge in [0, 0.05) is 0 Å². The molecule has 0 unspecified atom stereocenters. The lowest BCUT2D eigenvalue weighted by Crippen LogP contribution is -2.12. The van der Waals surface area contributed by atoms with Crippen LogP contribution >= 0.6 is 0 Å². The van der Waals surface area contributed by atoms with Crippen molar-refractivity contribution in [2.45, 2.75) is 27.2 Å². The molecule has 2 N–H and O–H groups in total. The summed E-state index contributed by atoms with van der Waals surface area (Å²) in [6, 6.07) is 0. The molecule has 12 heavy (non-hydrogen) atoms. The third-order valence-corrected chi connectivity index (χ3v) is 1.30. The van der Waals surface area contributed by atoms with Gasteiger partial charge in [0.05, 0.1) is 13.2 Å². The highest BCUT2D eigenvalue weighted by atomic mass is 17.2. The van der Waals surface area contributed by atoms with Gasteiger partial charge in [-0.2, -0.15) is 0 Å². The highest BCUT2D eigenvalue weighted by molar-refractivity contribution is 4.59. The molecule has 0 spiro atoms. The van der Waals surface area contributed by atoms with E-state index in [1.54, 1.807) is 0 Å². The zero-order chi connectivity index (χ0) is 9.45. The average Bonchev–Trinajstić information content (AvgIpc) is 1.94. The first kappa shape index (κ1) is 11.8. The fourth-order valence-corrected chi connectivity index (χ4v) is 0.548. The Balaban J connectivity index is 3.01. The average molecular weight is 177 g/mol. The van der Waals surface area contributed by atoms with E-state index in [0.29, 0.717) is 19.8 Å². The second kappa shape index (κ2) is 6.37. The minimum Gasteiger partial charge on any atom is -0.302 e. The van der Waals surface area contributed by atoms with E-state index < -0.39 is 0 Å². The van der Waals surface area contributed by atoms with Crippen LogP contribution in [0.1, 0.15) is 27.2 Å². The summed E-state index contributed by atoms with van der Waals surface area (Å²) in [6.45, 7) is 7.79. The lowest BCUT2D eigenvalue weighted by molar-refractivity contribution is -0.301. The van der Waals surface area contributed by atoms with Crippen LogP contribution in [0.2, 0.25) is 0 Å². The second-order valence-corrected chi connectivity index (χ2v) is 3.83. The summed E-state index contributed by atoms with van der Waals surface area (Å²) in [4.78, 5) is 13.9. The third kappa shape index (κ3) is 9.84. The Hall–Kier alpha value is -0.160. The number of hydrogen-bond donors (Lipinski definition) is 1. The van der Waals surface area contributed by atoms with E-state index in [0.717, 1.165) is 6.42 Å². The summed E-state index contributed by atoms with van der Waals surface area (Å²) >= 11 is 0. The van der Waals surface area contributed by atoms with Crippen LogP contribution < -0.4 is 5.90 Å². The van der Waals surface area contributed by atoms with Crippen LogP contribution in [0, 0.1) is 5.41 Å². The van der Waals surface area contributed by atoms with E-state index in [2.05, 4.69) is 25.6 Å². The number of hydrogen-bond acceptors (Lipinski definition) is 4. The lowest BCUT2D eigenvalue weighted by atomic mass is 9.93. The maximum absolute atomic E-state index is 4.88. The van der Waals surface area contributed by atoms with Crippen LogP contribution in [0.4, 0.5) is 0 Å². The van der Waals surface area contributed by atoms with Crippen molar-refractivity contribution in [3.8, 4) is 0 Å². The molecule has 0 saturated heterocycles. The molecule has 0 aromatic rings. The van der Waals surface area contributed by atoms with Crippen LogP contribution in [-0.4, -0.2) is 19.8 Å². The van der Waals surface area contributed by atoms with E-state index in [-0.39, 0.29) is 5.41 Å². The van der Waals surface area contributed by atoms with Crippen LogP contribution in [0.3, 0.4) is 0 Å². The van der Waals surface area contributed by atoms with Crippen LogP contribution in [0.25, 0.3) is 0 Å². The summed E-state index contributed by atoms with van der Waals surface area (Å²) in [5, 5.41) is 0. The fraction of sp³-hybridized carbons (Fsp3) is 1.00. The summed E-state index contributed by atoms with van der Waals surface area (Å²) in [5.41, 5.74) is 0.285. The Labute approximate surface area is 73.9 Å². The SMILES string of the molecule is CC(C)(C)CCOOCCON. The van der Waals surface area contributed by atoms with Crippen molar-refractivity contribution in [2.24, 2.45) is 11.3 Å². The number of rotatable bonds is 6. The van der Waals surface area contributed by atoms with Gasteiger partial charge in [0.2, 0.25) is 0 Å². The molecule has 4 heteroatoms. The quantitative estimate of drug-likeness (QED) is 0.377. The van der Waals surface area contributed by atoms with Crippen molar-refractivity contribution < 1.29 is 14.6 Å². The molecular weight excluding hydrogens is 158 g/mol. The third-order valence-electron chi connectivity index (χ3n) is 1.30. The predicted octanol–water partition coefficient (Wildman–Crippen LogP) is 1.26.